The molecule has 0 aromatic carbocycles. The summed E-state index contributed by atoms with van der Waals surface area (Å²) in [5.41, 5.74) is -0.419. The van der Waals surface area contributed by atoms with E-state index in [-0.39, 0.29) is 12.7 Å². The first-order chi connectivity index (χ1) is 10.4. The lowest BCUT2D eigenvalue weighted by molar-refractivity contribution is 0.0184. The molecule has 0 bridgehead atoms. The highest BCUT2D eigenvalue weighted by molar-refractivity contribution is 5.68. The quantitative estimate of drug-likeness (QED) is 0.758. The molecule has 1 amide bonds. The van der Waals surface area contributed by atoms with Crippen LogP contribution < -0.4 is 5.32 Å². The van der Waals surface area contributed by atoms with E-state index in [9.17, 15) is 4.79 Å². The van der Waals surface area contributed by atoms with Crippen LogP contribution in [0.3, 0.4) is 0 Å². The number of ether oxygens (including phenoxy) is 1. The number of nitrogens with one attached hydrogen (secondary N) is 1. The van der Waals surface area contributed by atoms with E-state index in [1.807, 2.05) is 25.7 Å². The zero-order valence-electron chi connectivity index (χ0n) is 14.7. The maximum absolute atomic E-state index is 12.0. The van der Waals surface area contributed by atoms with Gasteiger partial charge in [0, 0.05) is 19.7 Å². The van der Waals surface area contributed by atoms with Crippen molar-refractivity contribution in [1.29, 1.82) is 0 Å². The minimum Gasteiger partial charge on any atom is -0.444 e. The lowest BCUT2D eigenvalue weighted by Crippen LogP contribution is -2.43. The van der Waals surface area contributed by atoms with Crippen molar-refractivity contribution in [3.8, 4) is 0 Å². The van der Waals surface area contributed by atoms with Gasteiger partial charge < -0.3 is 20.1 Å². The lowest BCUT2D eigenvalue weighted by Gasteiger charge is -2.33. The molecule has 1 atom stereocenters. The van der Waals surface area contributed by atoms with E-state index in [2.05, 4.69) is 12.2 Å². The molecule has 0 aromatic rings. The predicted molar refractivity (Wildman–Crippen MR) is 88.9 cm³/mol. The summed E-state index contributed by atoms with van der Waals surface area (Å²) in [4.78, 5) is 13.8. The molecular weight excluding hydrogens is 280 g/mol. The number of aliphatic hydroxyl groups excluding tert-OH is 1. The molecule has 1 fully saturated rings. The van der Waals surface area contributed by atoms with Gasteiger partial charge in [0.15, 0.2) is 0 Å². The Labute approximate surface area is 135 Å². The summed E-state index contributed by atoms with van der Waals surface area (Å²) in [6, 6.07) is 0. The molecule has 1 rings (SSSR count). The molecule has 1 heterocycles. The van der Waals surface area contributed by atoms with Gasteiger partial charge in [0.1, 0.15) is 5.60 Å². The Balaban J connectivity index is 2.21. The van der Waals surface area contributed by atoms with Crippen LogP contribution in [0.5, 0.6) is 0 Å². The number of likely N-dealkylation sites (tertiary alicyclic amines) is 1. The average molecular weight is 314 g/mol. The van der Waals surface area contributed by atoms with Crippen molar-refractivity contribution in [3.05, 3.63) is 0 Å². The van der Waals surface area contributed by atoms with Crippen LogP contribution in [0, 0.1) is 11.8 Å². The van der Waals surface area contributed by atoms with Crippen LogP contribution in [0.1, 0.15) is 53.4 Å². The molecule has 22 heavy (non-hydrogen) atoms. The van der Waals surface area contributed by atoms with Crippen molar-refractivity contribution in [1.82, 2.24) is 10.2 Å². The number of amides is 1. The van der Waals surface area contributed by atoms with Crippen molar-refractivity contribution in [2.24, 2.45) is 11.8 Å². The number of hydrogen-bond acceptors (Lipinski definition) is 4. The number of rotatable bonds is 7. The van der Waals surface area contributed by atoms with Gasteiger partial charge in [0.05, 0.1) is 0 Å². The first kappa shape index (κ1) is 19.2. The maximum atomic E-state index is 12.0. The van der Waals surface area contributed by atoms with Gasteiger partial charge in [0.2, 0.25) is 0 Å². The molecule has 0 spiro atoms. The van der Waals surface area contributed by atoms with E-state index >= 15 is 0 Å². The molecule has 0 aromatic heterocycles. The predicted octanol–water partition coefficient (Wildman–Crippen LogP) is 2.63. The third kappa shape index (κ3) is 7.45. The number of piperidine rings is 1. The number of aliphatic hydroxyl groups is 1. The molecule has 0 aliphatic carbocycles. The smallest absolute Gasteiger partial charge is 0.410 e. The largest absolute Gasteiger partial charge is 0.444 e. The second-order valence-electron chi connectivity index (χ2n) is 7.36. The van der Waals surface area contributed by atoms with Gasteiger partial charge in [-0.2, -0.15) is 0 Å². The van der Waals surface area contributed by atoms with Crippen molar-refractivity contribution in [2.45, 2.75) is 59.0 Å². The van der Waals surface area contributed by atoms with Gasteiger partial charge in [-0.1, -0.05) is 13.3 Å². The molecule has 1 saturated heterocycles. The molecule has 5 nitrogen and oxygen atoms in total. The highest BCUT2D eigenvalue weighted by Crippen LogP contribution is 2.19. The van der Waals surface area contributed by atoms with Crippen LogP contribution in [0.4, 0.5) is 4.79 Å². The van der Waals surface area contributed by atoms with Gasteiger partial charge in [-0.05, 0) is 65.0 Å². The molecule has 1 aliphatic heterocycles. The fourth-order valence-corrected chi connectivity index (χ4v) is 2.77. The van der Waals surface area contributed by atoms with Crippen LogP contribution in [0.15, 0.2) is 0 Å². The number of nitrogens with zero attached hydrogens (tertiary/aromatic N) is 1. The van der Waals surface area contributed by atoms with E-state index in [0.29, 0.717) is 11.8 Å². The second kappa shape index (κ2) is 9.36. The molecule has 1 aliphatic rings. The van der Waals surface area contributed by atoms with Crippen molar-refractivity contribution < 1.29 is 14.6 Å². The normalized spacial score (nSPS) is 18.3. The zero-order valence-corrected chi connectivity index (χ0v) is 14.7. The Morgan fingerprint density at radius 1 is 1.36 bits per heavy atom. The van der Waals surface area contributed by atoms with Gasteiger partial charge >= 0.3 is 6.09 Å². The Morgan fingerprint density at radius 3 is 2.50 bits per heavy atom. The fraction of sp³-hybridized carbons (Fsp3) is 0.941. The second-order valence-corrected chi connectivity index (χ2v) is 7.36. The molecule has 5 heteroatoms. The molecular formula is C17H34N2O3. The monoisotopic (exact) mass is 314 g/mol. The molecule has 0 radical (unpaired) electrons. The van der Waals surface area contributed by atoms with Crippen molar-refractivity contribution >= 4 is 6.09 Å². The van der Waals surface area contributed by atoms with Crippen molar-refractivity contribution in [2.75, 3.05) is 32.8 Å². The van der Waals surface area contributed by atoms with Crippen LogP contribution >= 0.6 is 0 Å². The van der Waals surface area contributed by atoms with E-state index in [0.717, 1.165) is 51.9 Å². The fourth-order valence-electron chi connectivity index (χ4n) is 2.77. The first-order valence-electron chi connectivity index (χ1n) is 8.65. The highest BCUT2D eigenvalue weighted by atomic mass is 16.6. The number of hydrogen-bond donors (Lipinski definition) is 2. The molecule has 2 N–H and O–H groups in total. The zero-order chi connectivity index (χ0) is 16.6. The summed E-state index contributed by atoms with van der Waals surface area (Å²) in [6.07, 6.45) is 3.85. The molecule has 130 valence electrons. The van der Waals surface area contributed by atoms with Crippen LogP contribution in [-0.4, -0.2) is 54.5 Å². The van der Waals surface area contributed by atoms with Crippen molar-refractivity contribution in [3.63, 3.8) is 0 Å². The van der Waals surface area contributed by atoms with Gasteiger partial charge in [-0.3, -0.25) is 0 Å². The van der Waals surface area contributed by atoms with E-state index in [1.54, 1.807) is 0 Å². The van der Waals surface area contributed by atoms with Gasteiger partial charge in [0.25, 0.3) is 0 Å². The third-order valence-electron chi connectivity index (χ3n) is 4.25. The summed E-state index contributed by atoms with van der Waals surface area (Å²) in [6.45, 7) is 11.7. The van der Waals surface area contributed by atoms with E-state index in [1.165, 1.54) is 0 Å². The van der Waals surface area contributed by atoms with E-state index < -0.39 is 5.60 Å². The van der Waals surface area contributed by atoms with Crippen LogP contribution in [0.25, 0.3) is 0 Å². The SMILES string of the molecule is CCC(CCO)CNCC1CCN(C(=O)OC(C)(C)C)CC1. The topological polar surface area (TPSA) is 61.8 Å². The van der Waals surface area contributed by atoms with Crippen LogP contribution in [0.2, 0.25) is 0 Å². The summed E-state index contributed by atoms with van der Waals surface area (Å²) in [5.74, 6) is 1.19. The summed E-state index contributed by atoms with van der Waals surface area (Å²) >= 11 is 0. The minimum atomic E-state index is -0.419. The third-order valence-corrected chi connectivity index (χ3v) is 4.25. The maximum Gasteiger partial charge on any atom is 0.410 e. The number of carbonyl (C=O) groups excluding carboxylic acids is 1. The lowest BCUT2D eigenvalue weighted by atomic mass is 9.96. The first-order valence-corrected chi connectivity index (χ1v) is 8.65. The van der Waals surface area contributed by atoms with Crippen LogP contribution in [-0.2, 0) is 4.74 Å². The Kier molecular flexibility index (Phi) is 8.18. The minimum absolute atomic E-state index is 0.187. The molecule has 0 saturated carbocycles. The van der Waals surface area contributed by atoms with Gasteiger partial charge in [-0.25, -0.2) is 4.79 Å². The summed E-state index contributed by atoms with van der Waals surface area (Å²) in [7, 11) is 0. The molecule has 1 unspecified atom stereocenters. The Morgan fingerprint density at radius 2 is 2.00 bits per heavy atom. The standard InChI is InChI=1S/C17H34N2O3/c1-5-14(8-11-20)12-18-13-15-6-9-19(10-7-15)16(21)22-17(2,3)4/h14-15,18,20H,5-13H2,1-4H3. The van der Waals surface area contributed by atoms with E-state index in [4.69, 9.17) is 9.84 Å². The summed E-state index contributed by atoms with van der Waals surface area (Å²) < 4.78 is 5.41. The van der Waals surface area contributed by atoms with Gasteiger partial charge in [-0.15, -0.1) is 0 Å². The Hall–Kier alpha value is -0.810. The number of carbonyl (C=O) groups is 1. The summed E-state index contributed by atoms with van der Waals surface area (Å²) in [5, 5.41) is 12.5. The highest BCUT2D eigenvalue weighted by Gasteiger charge is 2.26. The average Bonchev–Trinajstić information content (AvgIpc) is 2.45. The Bertz CT molecular complexity index is 320.